The summed E-state index contributed by atoms with van der Waals surface area (Å²) in [5.74, 6) is 1.81. The maximum absolute atomic E-state index is 11.6. The van der Waals surface area contributed by atoms with Crippen LogP contribution < -0.4 is 9.47 Å². The van der Waals surface area contributed by atoms with Crippen molar-refractivity contribution < 1.29 is 14.3 Å². The number of fused-ring (bicyclic) bond motifs is 1. The molecule has 0 aliphatic carbocycles. The number of piperidine rings is 1. The van der Waals surface area contributed by atoms with Gasteiger partial charge in [-0.1, -0.05) is 12.1 Å². The summed E-state index contributed by atoms with van der Waals surface area (Å²) in [6.45, 7) is 7.25. The summed E-state index contributed by atoms with van der Waals surface area (Å²) in [5, 5.41) is 0. The molecule has 1 aromatic rings. The lowest BCUT2D eigenvalue weighted by Crippen LogP contribution is -2.55. The van der Waals surface area contributed by atoms with Gasteiger partial charge in [0.15, 0.2) is 11.5 Å². The van der Waals surface area contributed by atoms with Gasteiger partial charge in [0, 0.05) is 39.1 Å². The summed E-state index contributed by atoms with van der Waals surface area (Å²) in [7, 11) is 1.91. The van der Waals surface area contributed by atoms with Crippen LogP contribution in [0.1, 0.15) is 26.7 Å². The Hall–Kier alpha value is -1.75. The van der Waals surface area contributed by atoms with E-state index in [0.29, 0.717) is 6.61 Å². The molecule has 0 spiro atoms. The third-order valence-corrected chi connectivity index (χ3v) is 5.24. The Bertz CT molecular complexity index is 567. The molecule has 1 atom stereocenters. The number of likely N-dealkylation sites (tertiary alicyclic amines) is 1. The molecule has 2 heterocycles. The zero-order chi connectivity index (χ0) is 16.4. The van der Waals surface area contributed by atoms with Crippen molar-refractivity contribution in [2.24, 2.45) is 0 Å². The summed E-state index contributed by atoms with van der Waals surface area (Å²) in [6, 6.07) is 7.82. The molecule has 23 heavy (non-hydrogen) atoms. The standard InChI is InChI=1S/C18H26N2O3/c1-14(21)19(3)18(2)8-10-20(11-9-18)12-15-13-22-16-6-4-5-7-17(16)23-15/h4-7,15H,8-13H2,1-3H3/t15-/m0/s1. The number of para-hydroxylation sites is 2. The molecule has 3 rings (SSSR count). The van der Waals surface area contributed by atoms with Crippen LogP contribution in [0.2, 0.25) is 0 Å². The van der Waals surface area contributed by atoms with Gasteiger partial charge in [-0.2, -0.15) is 0 Å². The molecule has 0 N–H and O–H groups in total. The van der Waals surface area contributed by atoms with Gasteiger partial charge < -0.3 is 14.4 Å². The predicted molar refractivity (Wildman–Crippen MR) is 88.9 cm³/mol. The highest BCUT2D eigenvalue weighted by Crippen LogP contribution is 2.32. The number of benzene rings is 1. The molecule has 0 aromatic heterocycles. The summed E-state index contributed by atoms with van der Waals surface area (Å²) in [4.78, 5) is 15.9. The van der Waals surface area contributed by atoms with Crippen molar-refractivity contribution in [1.82, 2.24) is 9.80 Å². The number of carbonyl (C=O) groups excluding carboxylic acids is 1. The first-order valence-electron chi connectivity index (χ1n) is 8.33. The normalized spacial score (nSPS) is 23.3. The molecule has 2 aliphatic rings. The van der Waals surface area contributed by atoms with E-state index in [4.69, 9.17) is 9.47 Å². The maximum atomic E-state index is 11.6. The molecule has 0 radical (unpaired) electrons. The highest BCUT2D eigenvalue weighted by molar-refractivity contribution is 5.73. The predicted octanol–water partition coefficient (Wildman–Crippen LogP) is 2.16. The molecule has 0 bridgehead atoms. The van der Waals surface area contributed by atoms with Crippen LogP contribution in [0.25, 0.3) is 0 Å². The van der Waals surface area contributed by atoms with Gasteiger partial charge in [0.25, 0.3) is 0 Å². The molecule has 1 aromatic carbocycles. The minimum atomic E-state index is -0.0289. The van der Waals surface area contributed by atoms with Crippen LogP contribution in [0.4, 0.5) is 0 Å². The Kier molecular flexibility index (Phi) is 4.48. The minimum Gasteiger partial charge on any atom is -0.486 e. The number of amides is 1. The largest absolute Gasteiger partial charge is 0.486 e. The summed E-state index contributed by atoms with van der Waals surface area (Å²) < 4.78 is 11.8. The van der Waals surface area contributed by atoms with Crippen molar-refractivity contribution in [2.45, 2.75) is 38.3 Å². The van der Waals surface area contributed by atoms with Crippen LogP contribution in [-0.2, 0) is 4.79 Å². The quantitative estimate of drug-likeness (QED) is 0.856. The zero-order valence-corrected chi connectivity index (χ0v) is 14.2. The number of hydrogen-bond acceptors (Lipinski definition) is 4. The molecule has 1 amide bonds. The summed E-state index contributed by atoms with van der Waals surface area (Å²) >= 11 is 0. The second-order valence-electron chi connectivity index (χ2n) is 6.87. The Morgan fingerprint density at radius 2 is 1.96 bits per heavy atom. The fourth-order valence-electron chi connectivity index (χ4n) is 3.37. The van der Waals surface area contributed by atoms with Gasteiger partial charge >= 0.3 is 0 Å². The van der Waals surface area contributed by atoms with Crippen LogP contribution in [0.15, 0.2) is 24.3 Å². The Balaban J connectivity index is 1.53. The lowest BCUT2D eigenvalue weighted by atomic mass is 9.88. The average molecular weight is 318 g/mol. The van der Waals surface area contributed by atoms with Crippen LogP contribution in [-0.4, -0.2) is 60.6 Å². The van der Waals surface area contributed by atoms with E-state index in [2.05, 4.69) is 11.8 Å². The lowest BCUT2D eigenvalue weighted by Gasteiger charge is -2.45. The van der Waals surface area contributed by atoms with E-state index in [1.54, 1.807) is 6.92 Å². The van der Waals surface area contributed by atoms with Crippen LogP contribution >= 0.6 is 0 Å². The molecule has 126 valence electrons. The third kappa shape index (κ3) is 3.44. The number of rotatable bonds is 3. The second kappa shape index (κ2) is 6.40. The van der Waals surface area contributed by atoms with Crippen molar-refractivity contribution in [3.05, 3.63) is 24.3 Å². The SMILES string of the molecule is CC(=O)N(C)C1(C)CCN(C[C@H]2COc3ccccc3O2)CC1. The van der Waals surface area contributed by atoms with Crippen molar-refractivity contribution in [3.8, 4) is 11.5 Å². The van der Waals surface area contributed by atoms with E-state index in [9.17, 15) is 4.79 Å². The van der Waals surface area contributed by atoms with Gasteiger partial charge in [-0.3, -0.25) is 9.69 Å². The molecule has 1 fully saturated rings. The van der Waals surface area contributed by atoms with Crippen LogP contribution in [0, 0.1) is 0 Å². The molecule has 0 saturated carbocycles. The third-order valence-electron chi connectivity index (χ3n) is 5.24. The van der Waals surface area contributed by atoms with E-state index < -0.39 is 0 Å². The Morgan fingerprint density at radius 3 is 2.61 bits per heavy atom. The first-order chi connectivity index (χ1) is 11.0. The Morgan fingerprint density at radius 1 is 1.30 bits per heavy atom. The second-order valence-corrected chi connectivity index (χ2v) is 6.87. The first kappa shape index (κ1) is 16.1. The van der Waals surface area contributed by atoms with Gasteiger partial charge in [-0.15, -0.1) is 0 Å². The van der Waals surface area contributed by atoms with Crippen LogP contribution in [0.3, 0.4) is 0 Å². The van der Waals surface area contributed by atoms with Gasteiger partial charge in [-0.05, 0) is 31.9 Å². The topological polar surface area (TPSA) is 42.0 Å². The van der Waals surface area contributed by atoms with Crippen molar-refractivity contribution in [2.75, 3.05) is 33.3 Å². The van der Waals surface area contributed by atoms with E-state index >= 15 is 0 Å². The van der Waals surface area contributed by atoms with Crippen molar-refractivity contribution >= 4 is 5.91 Å². The van der Waals surface area contributed by atoms with E-state index in [1.807, 2.05) is 36.2 Å². The highest BCUT2D eigenvalue weighted by Gasteiger charge is 2.36. The zero-order valence-electron chi connectivity index (χ0n) is 14.2. The molecule has 2 aliphatic heterocycles. The monoisotopic (exact) mass is 318 g/mol. The van der Waals surface area contributed by atoms with E-state index in [1.165, 1.54) is 0 Å². The fraction of sp³-hybridized carbons (Fsp3) is 0.611. The van der Waals surface area contributed by atoms with Crippen molar-refractivity contribution in [3.63, 3.8) is 0 Å². The summed E-state index contributed by atoms with van der Waals surface area (Å²) in [5.41, 5.74) is -0.0289. The fourth-order valence-corrected chi connectivity index (χ4v) is 3.37. The molecular formula is C18H26N2O3. The Labute approximate surface area is 138 Å². The van der Waals surface area contributed by atoms with Gasteiger partial charge in [-0.25, -0.2) is 0 Å². The highest BCUT2D eigenvalue weighted by atomic mass is 16.6. The number of carbonyl (C=O) groups is 1. The smallest absolute Gasteiger partial charge is 0.219 e. The van der Waals surface area contributed by atoms with Gasteiger partial charge in [0.1, 0.15) is 12.7 Å². The maximum Gasteiger partial charge on any atom is 0.219 e. The molecule has 0 unspecified atom stereocenters. The average Bonchev–Trinajstić information content (AvgIpc) is 2.56. The molecule has 1 saturated heterocycles. The number of hydrogen-bond donors (Lipinski definition) is 0. The molecule has 5 nitrogen and oxygen atoms in total. The van der Waals surface area contributed by atoms with Crippen molar-refractivity contribution in [1.29, 1.82) is 0 Å². The van der Waals surface area contributed by atoms with Crippen LogP contribution in [0.5, 0.6) is 11.5 Å². The minimum absolute atomic E-state index is 0.0289. The first-order valence-corrected chi connectivity index (χ1v) is 8.33. The van der Waals surface area contributed by atoms with Gasteiger partial charge in [0.2, 0.25) is 5.91 Å². The summed E-state index contributed by atoms with van der Waals surface area (Å²) in [6.07, 6.45) is 2.06. The van der Waals surface area contributed by atoms with E-state index in [0.717, 1.165) is 44.0 Å². The number of nitrogens with zero attached hydrogens (tertiary/aromatic N) is 2. The van der Waals surface area contributed by atoms with E-state index in [-0.39, 0.29) is 17.6 Å². The molecule has 5 heteroatoms. The van der Waals surface area contributed by atoms with Gasteiger partial charge in [0.05, 0.1) is 0 Å². The number of ether oxygens (including phenoxy) is 2. The lowest BCUT2D eigenvalue weighted by molar-refractivity contribution is -0.134. The molecular weight excluding hydrogens is 292 g/mol.